The Kier molecular flexibility index (Phi) is 7.16. The molecule has 0 aliphatic rings. The summed E-state index contributed by atoms with van der Waals surface area (Å²) in [6.07, 6.45) is 1.09. The average molecular weight is 358 g/mol. The van der Waals surface area contributed by atoms with Crippen molar-refractivity contribution in [3.05, 3.63) is 59.4 Å². The van der Waals surface area contributed by atoms with E-state index < -0.39 is 5.82 Å². The van der Waals surface area contributed by atoms with E-state index in [1.54, 1.807) is 12.1 Å². The van der Waals surface area contributed by atoms with Gasteiger partial charge in [0, 0.05) is 12.2 Å². The number of halogens is 1. The van der Waals surface area contributed by atoms with E-state index in [0.717, 1.165) is 17.7 Å². The van der Waals surface area contributed by atoms with Gasteiger partial charge in [-0.2, -0.15) is 0 Å². The minimum absolute atomic E-state index is 0.0993. The van der Waals surface area contributed by atoms with Crippen LogP contribution < -0.4 is 10.1 Å². The predicted molar refractivity (Wildman–Crippen MR) is 103 cm³/mol. The van der Waals surface area contributed by atoms with Crippen LogP contribution in [0.15, 0.2) is 42.5 Å². The third kappa shape index (κ3) is 5.56. The highest BCUT2D eigenvalue weighted by molar-refractivity contribution is 5.92. The molecule has 4 nitrogen and oxygen atoms in total. The molecule has 0 aromatic heterocycles. The largest absolute Gasteiger partial charge is 0.494 e. The van der Waals surface area contributed by atoms with Gasteiger partial charge < -0.3 is 10.1 Å². The van der Waals surface area contributed by atoms with Crippen molar-refractivity contribution in [2.75, 3.05) is 26.0 Å². The van der Waals surface area contributed by atoms with Crippen molar-refractivity contribution >= 4 is 11.6 Å². The summed E-state index contributed by atoms with van der Waals surface area (Å²) in [6, 6.07) is 12.8. The fraction of sp³-hybridized carbons (Fsp3) is 0.381. The topological polar surface area (TPSA) is 41.6 Å². The van der Waals surface area contributed by atoms with Gasteiger partial charge in [-0.25, -0.2) is 4.39 Å². The maximum Gasteiger partial charge on any atom is 0.238 e. The number of ether oxygens (including phenoxy) is 1. The molecular formula is C21H27FN2O2. The van der Waals surface area contributed by atoms with E-state index in [2.05, 4.69) is 19.2 Å². The maximum absolute atomic E-state index is 13.7. The zero-order chi connectivity index (χ0) is 19.1. The number of hydrogen-bond donors (Lipinski definition) is 1. The van der Waals surface area contributed by atoms with Gasteiger partial charge in [0.2, 0.25) is 5.91 Å². The lowest BCUT2D eigenvalue weighted by molar-refractivity contribution is -0.117. The van der Waals surface area contributed by atoms with E-state index in [1.807, 2.05) is 36.2 Å². The quantitative estimate of drug-likeness (QED) is 0.759. The van der Waals surface area contributed by atoms with Crippen molar-refractivity contribution in [2.24, 2.45) is 0 Å². The van der Waals surface area contributed by atoms with Crippen molar-refractivity contribution in [1.29, 1.82) is 0 Å². The summed E-state index contributed by atoms with van der Waals surface area (Å²) in [5.41, 5.74) is 2.84. The molecule has 140 valence electrons. The molecule has 0 fully saturated rings. The Morgan fingerprint density at radius 3 is 2.50 bits per heavy atom. The van der Waals surface area contributed by atoms with Crippen LogP contribution in [0.25, 0.3) is 0 Å². The summed E-state index contributed by atoms with van der Waals surface area (Å²) >= 11 is 0. The Labute approximate surface area is 155 Å². The normalized spacial score (nSPS) is 12.1. The summed E-state index contributed by atoms with van der Waals surface area (Å²) in [4.78, 5) is 14.0. The lowest BCUT2D eigenvalue weighted by atomic mass is 9.99. The highest BCUT2D eigenvalue weighted by Crippen LogP contribution is 2.21. The van der Waals surface area contributed by atoms with E-state index in [9.17, 15) is 9.18 Å². The first-order valence-corrected chi connectivity index (χ1v) is 8.83. The molecule has 0 radical (unpaired) electrons. The Morgan fingerprint density at radius 2 is 1.92 bits per heavy atom. The molecule has 2 aromatic rings. The average Bonchev–Trinajstić information content (AvgIpc) is 2.61. The molecule has 1 atom stereocenters. The van der Waals surface area contributed by atoms with Gasteiger partial charge in [-0.05, 0) is 54.8 Å². The summed E-state index contributed by atoms with van der Waals surface area (Å²) in [5.74, 6) is 0.229. The molecule has 26 heavy (non-hydrogen) atoms. The molecule has 2 rings (SSSR count). The van der Waals surface area contributed by atoms with Gasteiger partial charge in [0.15, 0.2) is 11.6 Å². The predicted octanol–water partition coefficient (Wildman–Crippen LogP) is 4.42. The monoisotopic (exact) mass is 358 g/mol. The zero-order valence-electron chi connectivity index (χ0n) is 15.9. The smallest absolute Gasteiger partial charge is 0.238 e. The molecule has 2 aromatic carbocycles. The van der Waals surface area contributed by atoms with Gasteiger partial charge in [-0.3, -0.25) is 9.69 Å². The van der Waals surface area contributed by atoms with Crippen LogP contribution in [0.5, 0.6) is 5.75 Å². The molecule has 0 bridgehead atoms. The van der Waals surface area contributed by atoms with E-state index >= 15 is 0 Å². The number of nitrogens with zero attached hydrogens (tertiary/aromatic N) is 1. The third-order valence-electron chi connectivity index (χ3n) is 4.46. The first kappa shape index (κ1) is 19.9. The lowest BCUT2D eigenvalue weighted by Crippen LogP contribution is -2.29. The number of carbonyl (C=O) groups is 1. The minimum Gasteiger partial charge on any atom is -0.494 e. The molecule has 0 aliphatic heterocycles. The van der Waals surface area contributed by atoms with Crippen LogP contribution in [0.4, 0.5) is 10.1 Å². The fourth-order valence-corrected chi connectivity index (χ4v) is 2.75. The van der Waals surface area contributed by atoms with Crippen LogP contribution in [-0.4, -0.2) is 31.5 Å². The van der Waals surface area contributed by atoms with Crippen LogP contribution in [0.1, 0.15) is 37.3 Å². The van der Waals surface area contributed by atoms with Crippen LogP contribution >= 0.6 is 0 Å². The SMILES string of the molecule is CC[C@H](C)c1ccc(NC(=O)CN(C)Cc2ccc(OC)c(F)c2)cc1. The van der Waals surface area contributed by atoms with Gasteiger partial charge in [-0.15, -0.1) is 0 Å². The number of anilines is 1. The number of methoxy groups -OCH3 is 1. The lowest BCUT2D eigenvalue weighted by Gasteiger charge is -2.17. The Balaban J connectivity index is 1.87. The van der Waals surface area contributed by atoms with Crippen LogP contribution in [0.3, 0.4) is 0 Å². The van der Waals surface area contributed by atoms with Crippen molar-refractivity contribution in [1.82, 2.24) is 4.90 Å². The molecule has 1 amide bonds. The van der Waals surface area contributed by atoms with Crippen LogP contribution in [0, 0.1) is 5.82 Å². The van der Waals surface area contributed by atoms with Gasteiger partial charge in [-0.1, -0.05) is 32.0 Å². The minimum atomic E-state index is -0.399. The number of rotatable bonds is 8. The maximum atomic E-state index is 13.7. The molecular weight excluding hydrogens is 331 g/mol. The number of carbonyl (C=O) groups excluding carboxylic acids is 1. The van der Waals surface area contributed by atoms with Gasteiger partial charge in [0.05, 0.1) is 13.7 Å². The second-order valence-corrected chi connectivity index (χ2v) is 6.62. The number of hydrogen-bond acceptors (Lipinski definition) is 3. The molecule has 5 heteroatoms. The molecule has 0 unspecified atom stereocenters. The number of benzene rings is 2. The van der Waals surface area contributed by atoms with Gasteiger partial charge in [0.1, 0.15) is 0 Å². The second-order valence-electron chi connectivity index (χ2n) is 6.62. The van der Waals surface area contributed by atoms with E-state index in [-0.39, 0.29) is 18.2 Å². The number of likely N-dealkylation sites (N-methyl/N-ethyl adjacent to an activating group) is 1. The van der Waals surface area contributed by atoms with E-state index in [0.29, 0.717) is 12.5 Å². The van der Waals surface area contributed by atoms with Gasteiger partial charge in [0.25, 0.3) is 0 Å². The molecule has 0 spiro atoms. The van der Waals surface area contributed by atoms with Crippen molar-refractivity contribution < 1.29 is 13.9 Å². The number of nitrogens with one attached hydrogen (secondary N) is 1. The summed E-state index contributed by atoms with van der Waals surface area (Å²) in [6.45, 7) is 5.04. The van der Waals surface area contributed by atoms with Crippen molar-refractivity contribution in [3.8, 4) is 5.75 Å². The molecule has 0 heterocycles. The summed E-state index contributed by atoms with van der Waals surface area (Å²) < 4.78 is 18.7. The van der Waals surface area contributed by atoms with Gasteiger partial charge >= 0.3 is 0 Å². The third-order valence-corrected chi connectivity index (χ3v) is 4.46. The number of amides is 1. The zero-order valence-corrected chi connectivity index (χ0v) is 15.9. The first-order valence-electron chi connectivity index (χ1n) is 8.83. The standard InChI is InChI=1S/C21H27FN2O2/c1-5-15(2)17-7-9-18(10-8-17)23-21(25)14-24(3)13-16-6-11-20(26-4)19(22)12-16/h6-12,15H,5,13-14H2,1-4H3,(H,23,25)/t15-/m0/s1. The Bertz CT molecular complexity index is 731. The highest BCUT2D eigenvalue weighted by atomic mass is 19.1. The van der Waals surface area contributed by atoms with Crippen molar-refractivity contribution in [2.45, 2.75) is 32.7 Å². The van der Waals surface area contributed by atoms with Crippen molar-refractivity contribution in [3.63, 3.8) is 0 Å². The summed E-state index contributed by atoms with van der Waals surface area (Å²) in [5, 5.41) is 2.90. The highest BCUT2D eigenvalue weighted by Gasteiger charge is 2.10. The van der Waals surface area contributed by atoms with E-state index in [4.69, 9.17) is 4.74 Å². The van der Waals surface area contributed by atoms with Crippen LogP contribution in [-0.2, 0) is 11.3 Å². The second kappa shape index (κ2) is 9.34. The Hall–Kier alpha value is -2.40. The fourth-order valence-electron chi connectivity index (χ4n) is 2.75. The molecule has 0 aliphatic carbocycles. The summed E-state index contributed by atoms with van der Waals surface area (Å²) in [7, 11) is 3.26. The Morgan fingerprint density at radius 1 is 1.23 bits per heavy atom. The van der Waals surface area contributed by atoms with E-state index in [1.165, 1.54) is 18.7 Å². The molecule has 0 saturated heterocycles. The first-order chi connectivity index (χ1) is 12.4. The molecule has 0 saturated carbocycles. The molecule has 1 N–H and O–H groups in total. The van der Waals surface area contributed by atoms with Crippen LogP contribution in [0.2, 0.25) is 0 Å².